The second kappa shape index (κ2) is 8.34. The predicted octanol–water partition coefficient (Wildman–Crippen LogP) is 1.95. The van der Waals surface area contributed by atoms with Crippen LogP contribution in [0.4, 0.5) is 0 Å². The topological polar surface area (TPSA) is 29.1 Å². The molecule has 1 amide bonds. The van der Waals surface area contributed by atoms with Gasteiger partial charge in [-0.1, -0.05) is 13.5 Å². The van der Waals surface area contributed by atoms with E-state index in [0.29, 0.717) is 0 Å². The molecule has 0 saturated carbocycles. The number of carbonyl (C=O) groups is 1. The molecule has 0 aliphatic rings. The van der Waals surface area contributed by atoms with E-state index in [1.54, 1.807) is 0 Å². The monoisotopic (exact) mass is 227 g/mol. The molecule has 0 aromatic rings. The fraction of sp³-hybridized carbons (Fsp3) is 0.769. The van der Waals surface area contributed by atoms with Crippen molar-refractivity contribution in [3.8, 4) is 0 Å². The molecule has 0 aromatic carbocycles. The molecule has 0 bridgehead atoms. The van der Waals surface area contributed by atoms with E-state index in [1.165, 1.54) is 38.6 Å². The van der Waals surface area contributed by atoms with E-state index in [-0.39, 0.29) is 5.91 Å². The molecular weight excluding hydrogens is 200 g/mol. The number of hydrogen-bond donors (Lipinski definition) is 1. The fourth-order valence-corrected chi connectivity index (χ4v) is 1.87. The molecule has 3 nitrogen and oxygen atoms in total. The second-order valence-corrected chi connectivity index (χ2v) is 4.59. The van der Waals surface area contributed by atoms with Crippen molar-refractivity contribution in [3.05, 3.63) is 12.7 Å². The molecule has 3 heteroatoms. The molecule has 0 rings (SSSR count). The molecule has 0 spiro atoms. The normalized spacial score (nSPS) is 14.2. The van der Waals surface area contributed by atoms with Gasteiger partial charge in [-0.05, 0) is 32.3 Å². The molecule has 1 N–H and O–H groups in total. The summed E-state index contributed by atoms with van der Waals surface area (Å²) in [6.45, 7) is 12.3. The maximum atomic E-state index is 10.9. The zero-order chi connectivity index (χ0) is 12.4. The molecule has 0 aromatic heterocycles. The zero-order valence-corrected chi connectivity index (χ0v) is 11.1. The van der Waals surface area contributed by atoms with Gasteiger partial charge in [-0.3, -0.25) is 4.79 Å². The molecular formula is C13H27N2O+. The maximum Gasteiger partial charge on any atom is 0.243 e. The van der Waals surface area contributed by atoms with Gasteiger partial charge in [0.15, 0.2) is 0 Å². The molecule has 1 atom stereocenters. The number of amides is 1. The fourth-order valence-electron chi connectivity index (χ4n) is 1.87. The van der Waals surface area contributed by atoms with Gasteiger partial charge < -0.3 is 9.80 Å². The smallest absolute Gasteiger partial charge is 0.243 e. The minimum Gasteiger partial charge on any atom is -0.353 e. The Hall–Kier alpha value is -0.830. The number of hydrogen-bond acceptors (Lipinski definition) is 1. The van der Waals surface area contributed by atoms with Gasteiger partial charge in [0.2, 0.25) is 5.91 Å². The highest BCUT2D eigenvalue weighted by molar-refractivity contribution is 5.86. The van der Waals surface area contributed by atoms with E-state index in [1.807, 2.05) is 0 Å². The summed E-state index contributed by atoms with van der Waals surface area (Å²) >= 11 is 0. The van der Waals surface area contributed by atoms with Crippen molar-refractivity contribution in [2.24, 2.45) is 0 Å². The van der Waals surface area contributed by atoms with E-state index in [9.17, 15) is 4.79 Å². The summed E-state index contributed by atoms with van der Waals surface area (Å²) in [6, 6.07) is 0. The van der Waals surface area contributed by atoms with Crippen LogP contribution < -0.4 is 5.32 Å². The van der Waals surface area contributed by atoms with E-state index < -0.39 is 0 Å². The molecule has 16 heavy (non-hydrogen) atoms. The lowest BCUT2D eigenvalue weighted by molar-refractivity contribution is -0.908. The van der Waals surface area contributed by atoms with Crippen molar-refractivity contribution in [1.82, 2.24) is 5.32 Å². The summed E-state index contributed by atoms with van der Waals surface area (Å²) in [5.41, 5.74) is 0. The van der Waals surface area contributed by atoms with E-state index >= 15 is 0 Å². The highest BCUT2D eigenvalue weighted by atomic mass is 16.1. The Morgan fingerprint density at radius 3 is 2.50 bits per heavy atom. The Morgan fingerprint density at radius 1 is 1.31 bits per heavy atom. The minimum absolute atomic E-state index is 0.0682. The van der Waals surface area contributed by atoms with Crippen LogP contribution in [0.5, 0.6) is 0 Å². The third kappa shape index (κ3) is 6.62. The van der Waals surface area contributed by atoms with Crippen LogP contribution in [-0.4, -0.2) is 43.6 Å². The summed E-state index contributed by atoms with van der Waals surface area (Å²) in [5, 5.41) is 2.80. The van der Waals surface area contributed by atoms with Gasteiger partial charge in [-0.25, -0.2) is 0 Å². The highest BCUT2D eigenvalue weighted by Gasteiger charge is 2.16. The largest absolute Gasteiger partial charge is 0.353 e. The van der Waals surface area contributed by atoms with Crippen LogP contribution in [0.15, 0.2) is 12.7 Å². The van der Waals surface area contributed by atoms with E-state index in [2.05, 4.69) is 32.8 Å². The molecule has 0 fully saturated rings. The predicted molar refractivity (Wildman–Crippen MR) is 69.2 cm³/mol. The van der Waals surface area contributed by atoms with Gasteiger partial charge in [0.1, 0.15) is 0 Å². The summed E-state index contributed by atoms with van der Waals surface area (Å²) in [7, 11) is 2.31. The zero-order valence-electron chi connectivity index (χ0n) is 11.1. The first-order valence-electron chi connectivity index (χ1n) is 6.31. The Kier molecular flexibility index (Phi) is 7.90. The van der Waals surface area contributed by atoms with Gasteiger partial charge in [-0.2, -0.15) is 0 Å². The molecule has 1 unspecified atom stereocenters. The lowest BCUT2D eigenvalue weighted by atomic mass is 10.2. The van der Waals surface area contributed by atoms with Gasteiger partial charge in [-0.15, -0.1) is 0 Å². The number of nitrogens with zero attached hydrogens (tertiary/aromatic N) is 1. The van der Waals surface area contributed by atoms with Crippen molar-refractivity contribution in [2.45, 2.75) is 33.1 Å². The Balaban J connectivity index is 3.63. The third-order valence-corrected chi connectivity index (χ3v) is 3.14. The van der Waals surface area contributed by atoms with Crippen LogP contribution in [0, 0.1) is 0 Å². The van der Waals surface area contributed by atoms with Gasteiger partial charge in [0.05, 0.1) is 26.7 Å². The summed E-state index contributed by atoms with van der Waals surface area (Å²) in [5.74, 6) is -0.0682. The van der Waals surface area contributed by atoms with Crippen LogP contribution in [0.25, 0.3) is 0 Å². The van der Waals surface area contributed by atoms with Crippen LogP contribution >= 0.6 is 0 Å². The third-order valence-electron chi connectivity index (χ3n) is 3.14. The van der Waals surface area contributed by atoms with Crippen molar-refractivity contribution < 1.29 is 9.28 Å². The van der Waals surface area contributed by atoms with Crippen molar-refractivity contribution in [1.29, 1.82) is 0 Å². The Bertz CT molecular complexity index is 216. The Labute approximate surface area is 100 Å². The maximum absolute atomic E-state index is 10.9. The number of rotatable bonds is 9. The summed E-state index contributed by atoms with van der Waals surface area (Å²) in [4.78, 5) is 10.9. The molecule has 0 aliphatic heterocycles. The van der Waals surface area contributed by atoms with E-state index in [4.69, 9.17) is 0 Å². The summed E-state index contributed by atoms with van der Waals surface area (Å²) < 4.78 is 1.14. The van der Waals surface area contributed by atoms with Crippen LogP contribution in [0.3, 0.4) is 0 Å². The average molecular weight is 227 g/mol. The molecule has 0 radical (unpaired) electrons. The SMILES string of the molecule is C=CC(=O)NCCCC[N+](C)(CC)CCC. The van der Waals surface area contributed by atoms with Crippen LogP contribution in [0.2, 0.25) is 0 Å². The molecule has 0 aliphatic carbocycles. The quantitative estimate of drug-likeness (QED) is 0.364. The highest BCUT2D eigenvalue weighted by Crippen LogP contribution is 2.06. The minimum atomic E-state index is -0.0682. The summed E-state index contributed by atoms with van der Waals surface area (Å²) in [6.07, 6.45) is 4.78. The molecule has 0 heterocycles. The lowest BCUT2D eigenvalue weighted by Gasteiger charge is -2.33. The number of quaternary nitrogens is 1. The van der Waals surface area contributed by atoms with Crippen molar-refractivity contribution >= 4 is 5.91 Å². The van der Waals surface area contributed by atoms with Gasteiger partial charge in [0, 0.05) is 6.54 Å². The first-order chi connectivity index (χ1) is 7.58. The average Bonchev–Trinajstić information content (AvgIpc) is 2.28. The second-order valence-electron chi connectivity index (χ2n) is 4.59. The number of nitrogens with one attached hydrogen (secondary N) is 1. The van der Waals surface area contributed by atoms with Gasteiger partial charge >= 0.3 is 0 Å². The number of unbranched alkanes of at least 4 members (excludes halogenated alkanes) is 1. The van der Waals surface area contributed by atoms with Crippen LogP contribution in [-0.2, 0) is 4.79 Å². The molecule has 94 valence electrons. The van der Waals surface area contributed by atoms with Crippen molar-refractivity contribution in [2.75, 3.05) is 33.2 Å². The van der Waals surface area contributed by atoms with Gasteiger partial charge in [0.25, 0.3) is 0 Å². The first kappa shape index (κ1) is 15.2. The molecule has 0 saturated heterocycles. The first-order valence-corrected chi connectivity index (χ1v) is 6.31. The number of carbonyl (C=O) groups excluding carboxylic acids is 1. The lowest BCUT2D eigenvalue weighted by Crippen LogP contribution is -2.45. The Morgan fingerprint density at radius 2 is 2.00 bits per heavy atom. The van der Waals surface area contributed by atoms with Crippen molar-refractivity contribution in [3.63, 3.8) is 0 Å². The standard InChI is InChI=1S/C13H26N2O/c1-5-11-15(4,7-3)12-9-8-10-14-13(16)6-2/h6H,2,5,7-12H2,1,3-4H3/p+1. The van der Waals surface area contributed by atoms with Crippen LogP contribution in [0.1, 0.15) is 33.1 Å². The van der Waals surface area contributed by atoms with E-state index in [0.717, 1.165) is 17.4 Å².